The van der Waals surface area contributed by atoms with Crippen molar-refractivity contribution in [1.29, 1.82) is 0 Å². The molecule has 66 valence electrons. The maximum absolute atomic E-state index is 5.70. The third-order valence-electron chi connectivity index (χ3n) is 1.36. The fourth-order valence-electron chi connectivity index (χ4n) is 0.810. The number of pyridine rings is 1. The summed E-state index contributed by atoms with van der Waals surface area (Å²) in [6, 6.07) is 3.73. The smallest absolute Gasteiger partial charge is 0.131 e. The van der Waals surface area contributed by atoms with Crippen LogP contribution in [0.5, 0.6) is 0 Å². The van der Waals surface area contributed by atoms with Gasteiger partial charge in [-0.3, -0.25) is 0 Å². The standard InChI is InChI=1S/C8H11ClN2S/c1-12-5-4-10-7-2-3-11-8(9)6-7/h2-3,6H,4-5H2,1H3,(H,10,11). The summed E-state index contributed by atoms with van der Waals surface area (Å²) in [7, 11) is 0. The van der Waals surface area contributed by atoms with Crippen LogP contribution in [0.2, 0.25) is 5.15 Å². The van der Waals surface area contributed by atoms with Crippen LogP contribution >= 0.6 is 23.4 Å². The van der Waals surface area contributed by atoms with E-state index in [4.69, 9.17) is 11.6 Å². The Balaban J connectivity index is 2.41. The second kappa shape index (κ2) is 5.27. The number of nitrogens with one attached hydrogen (secondary N) is 1. The first-order valence-electron chi connectivity index (χ1n) is 3.67. The SMILES string of the molecule is CSCCNc1ccnc(Cl)c1. The summed E-state index contributed by atoms with van der Waals surface area (Å²) < 4.78 is 0. The van der Waals surface area contributed by atoms with Crippen LogP contribution < -0.4 is 5.32 Å². The number of aromatic nitrogens is 1. The second-order valence-corrected chi connectivity index (χ2v) is 3.66. The van der Waals surface area contributed by atoms with Gasteiger partial charge in [0.1, 0.15) is 5.15 Å². The Morgan fingerprint density at radius 2 is 2.50 bits per heavy atom. The van der Waals surface area contributed by atoms with Crippen LogP contribution in [0.25, 0.3) is 0 Å². The zero-order valence-corrected chi connectivity index (χ0v) is 8.45. The maximum Gasteiger partial charge on any atom is 0.131 e. The van der Waals surface area contributed by atoms with Gasteiger partial charge < -0.3 is 5.32 Å². The lowest BCUT2D eigenvalue weighted by atomic mass is 10.4. The molecule has 1 aromatic rings. The number of anilines is 1. The van der Waals surface area contributed by atoms with Gasteiger partial charge in [-0.1, -0.05) is 11.6 Å². The Kier molecular flexibility index (Phi) is 4.25. The Morgan fingerprint density at radius 3 is 3.17 bits per heavy atom. The predicted octanol–water partition coefficient (Wildman–Crippen LogP) is 2.51. The fourth-order valence-corrected chi connectivity index (χ4v) is 1.29. The van der Waals surface area contributed by atoms with Gasteiger partial charge in [0.05, 0.1) is 0 Å². The van der Waals surface area contributed by atoms with Crippen LogP contribution in [-0.2, 0) is 0 Å². The van der Waals surface area contributed by atoms with E-state index >= 15 is 0 Å². The molecular weight excluding hydrogens is 192 g/mol. The molecule has 0 fully saturated rings. The molecule has 1 heterocycles. The van der Waals surface area contributed by atoms with Crippen molar-refractivity contribution >= 4 is 29.1 Å². The van der Waals surface area contributed by atoms with Gasteiger partial charge in [0.2, 0.25) is 0 Å². The summed E-state index contributed by atoms with van der Waals surface area (Å²) in [5.74, 6) is 1.10. The molecule has 4 heteroatoms. The molecule has 0 amide bonds. The third-order valence-corrected chi connectivity index (χ3v) is 2.18. The lowest BCUT2D eigenvalue weighted by Gasteiger charge is -2.03. The van der Waals surface area contributed by atoms with Crippen LogP contribution in [0.3, 0.4) is 0 Å². The molecule has 0 atom stereocenters. The van der Waals surface area contributed by atoms with Gasteiger partial charge in [-0.05, 0) is 18.4 Å². The van der Waals surface area contributed by atoms with Crippen LogP contribution in [0.15, 0.2) is 18.3 Å². The van der Waals surface area contributed by atoms with E-state index in [1.54, 1.807) is 6.20 Å². The molecule has 0 aliphatic rings. The second-order valence-electron chi connectivity index (χ2n) is 2.29. The van der Waals surface area contributed by atoms with E-state index in [1.165, 1.54) is 0 Å². The van der Waals surface area contributed by atoms with E-state index in [2.05, 4.69) is 16.6 Å². The molecule has 1 aromatic heterocycles. The largest absolute Gasteiger partial charge is 0.384 e. The zero-order valence-electron chi connectivity index (χ0n) is 6.88. The molecular formula is C8H11ClN2S. The van der Waals surface area contributed by atoms with Gasteiger partial charge in [-0.25, -0.2) is 4.98 Å². The Labute approximate surface area is 81.7 Å². The normalized spacial score (nSPS) is 9.83. The molecule has 0 radical (unpaired) electrons. The van der Waals surface area contributed by atoms with Gasteiger partial charge in [0.15, 0.2) is 0 Å². The quantitative estimate of drug-likeness (QED) is 0.600. The molecule has 0 aliphatic heterocycles. The van der Waals surface area contributed by atoms with Crippen LogP contribution in [0, 0.1) is 0 Å². The molecule has 1 N–H and O–H groups in total. The highest BCUT2D eigenvalue weighted by Gasteiger charge is 1.92. The summed E-state index contributed by atoms with van der Waals surface area (Å²) in [6.45, 7) is 0.960. The van der Waals surface area contributed by atoms with Crippen molar-refractivity contribution in [2.45, 2.75) is 0 Å². The van der Waals surface area contributed by atoms with Crippen molar-refractivity contribution in [2.75, 3.05) is 23.9 Å². The molecule has 2 nitrogen and oxygen atoms in total. The topological polar surface area (TPSA) is 24.9 Å². The molecule has 0 bridgehead atoms. The third kappa shape index (κ3) is 3.32. The van der Waals surface area contributed by atoms with Crippen molar-refractivity contribution in [3.8, 4) is 0 Å². The minimum Gasteiger partial charge on any atom is -0.384 e. The first kappa shape index (κ1) is 9.68. The Bertz CT molecular complexity index is 242. The number of halogens is 1. The summed E-state index contributed by atoms with van der Waals surface area (Å²) >= 11 is 7.52. The van der Waals surface area contributed by atoms with Crippen molar-refractivity contribution in [3.63, 3.8) is 0 Å². The maximum atomic E-state index is 5.70. The summed E-state index contributed by atoms with van der Waals surface area (Å²) in [6.07, 6.45) is 3.78. The minimum absolute atomic E-state index is 0.532. The van der Waals surface area contributed by atoms with E-state index in [0.29, 0.717) is 5.15 Å². The Hall–Kier alpha value is -0.410. The van der Waals surface area contributed by atoms with Crippen LogP contribution in [0.4, 0.5) is 5.69 Å². The lowest BCUT2D eigenvalue weighted by molar-refractivity contribution is 1.21. The van der Waals surface area contributed by atoms with Crippen molar-refractivity contribution in [2.24, 2.45) is 0 Å². The van der Waals surface area contributed by atoms with Gasteiger partial charge in [0.25, 0.3) is 0 Å². The highest BCUT2D eigenvalue weighted by Crippen LogP contribution is 2.11. The number of hydrogen-bond acceptors (Lipinski definition) is 3. The molecule has 0 aromatic carbocycles. The highest BCUT2D eigenvalue weighted by atomic mass is 35.5. The van der Waals surface area contributed by atoms with E-state index < -0.39 is 0 Å². The first-order valence-corrected chi connectivity index (χ1v) is 5.44. The zero-order chi connectivity index (χ0) is 8.81. The molecule has 0 spiro atoms. The van der Waals surface area contributed by atoms with E-state index in [0.717, 1.165) is 18.0 Å². The fraction of sp³-hybridized carbons (Fsp3) is 0.375. The van der Waals surface area contributed by atoms with E-state index in [1.807, 2.05) is 23.9 Å². The average molecular weight is 203 g/mol. The van der Waals surface area contributed by atoms with Gasteiger partial charge in [-0.15, -0.1) is 0 Å². The van der Waals surface area contributed by atoms with Gasteiger partial charge >= 0.3 is 0 Å². The molecule has 0 saturated heterocycles. The summed E-state index contributed by atoms with van der Waals surface area (Å²) in [4.78, 5) is 3.89. The van der Waals surface area contributed by atoms with Crippen molar-refractivity contribution < 1.29 is 0 Å². The Morgan fingerprint density at radius 1 is 1.67 bits per heavy atom. The first-order chi connectivity index (χ1) is 5.83. The van der Waals surface area contributed by atoms with Crippen LogP contribution in [0.1, 0.15) is 0 Å². The van der Waals surface area contributed by atoms with Gasteiger partial charge in [0, 0.05) is 24.2 Å². The number of thioether (sulfide) groups is 1. The number of hydrogen-bond donors (Lipinski definition) is 1. The highest BCUT2D eigenvalue weighted by molar-refractivity contribution is 7.98. The summed E-state index contributed by atoms with van der Waals surface area (Å²) in [5, 5.41) is 3.77. The van der Waals surface area contributed by atoms with Crippen molar-refractivity contribution in [1.82, 2.24) is 4.98 Å². The summed E-state index contributed by atoms with van der Waals surface area (Å²) in [5.41, 5.74) is 1.03. The number of rotatable bonds is 4. The predicted molar refractivity (Wildman–Crippen MR) is 56.1 cm³/mol. The molecule has 0 unspecified atom stereocenters. The van der Waals surface area contributed by atoms with E-state index in [-0.39, 0.29) is 0 Å². The van der Waals surface area contributed by atoms with Gasteiger partial charge in [-0.2, -0.15) is 11.8 Å². The molecule has 12 heavy (non-hydrogen) atoms. The molecule has 1 rings (SSSR count). The van der Waals surface area contributed by atoms with Crippen molar-refractivity contribution in [3.05, 3.63) is 23.5 Å². The average Bonchev–Trinajstić information content (AvgIpc) is 2.05. The monoisotopic (exact) mass is 202 g/mol. The molecule has 0 saturated carbocycles. The molecule has 0 aliphatic carbocycles. The lowest BCUT2D eigenvalue weighted by Crippen LogP contribution is -2.03. The van der Waals surface area contributed by atoms with E-state index in [9.17, 15) is 0 Å². The number of nitrogens with zero attached hydrogens (tertiary/aromatic N) is 1. The minimum atomic E-state index is 0.532. The van der Waals surface area contributed by atoms with Crippen LogP contribution in [-0.4, -0.2) is 23.5 Å².